The number of amides is 2. The Morgan fingerprint density at radius 3 is 3.05 bits per heavy atom. The number of pyridine rings is 1. The Hall–Kier alpha value is -1.53. The van der Waals surface area contributed by atoms with Gasteiger partial charge in [-0.1, -0.05) is 11.6 Å². The first kappa shape index (κ1) is 15.4. The predicted molar refractivity (Wildman–Crippen MR) is 85.2 cm³/mol. The van der Waals surface area contributed by atoms with Crippen molar-refractivity contribution in [1.29, 1.82) is 0 Å². The van der Waals surface area contributed by atoms with Gasteiger partial charge in [0, 0.05) is 37.3 Å². The number of urea groups is 1. The van der Waals surface area contributed by atoms with Crippen molar-refractivity contribution in [1.82, 2.24) is 15.6 Å². The molecule has 120 valence electrons. The Kier molecular flexibility index (Phi) is 4.40. The summed E-state index contributed by atoms with van der Waals surface area (Å²) in [7, 11) is 0. The molecule has 7 heteroatoms. The molecular weight excluding hydrogens is 304 g/mol. The van der Waals surface area contributed by atoms with Gasteiger partial charge in [-0.3, -0.25) is 0 Å². The molecule has 0 spiro atoms. The molecular formula is C15H21ClN4O2. The Morgan fingerprint density at radius 1 is 1.55 bits per heavy atom. The maximum Gasteiger partial charge on any atom is 0.315 e. The fourth-order valence-electron chi connectivity index (χ4n) is 2.75. The number of carbonyl (C=O) groups is 1. The van der Waals surface area contributed by atoms with Gasteiger partial charge < -0.3 is 20.6 Å². The molecule has 2 aliphatic rings. The number of hydrogen-bond acceptors (Lipinski definition) is 4. The van der Waals surface area contributed by atoms with E-state index < -0.39 is 0 Å². The van der Waals surface area contributed by atoms with E-state index in [1.165, 1.54) is 0 Å². The third kappa shape index (κ3) is 3.44. The van der Waals surface area contributed by atoms with Crippen LogP contribution in [0, 0.1) is 5.41 Å². The van der Waals surface area contributed by atoms with Crippen LogP contribution in [0.15, 0.2) is 18.3 Å². The summed E-state index contributed by atoms with van der Waals surface area (Å²) in [6, 6.07) is 3.54. The van der Waals surface area contributed by atoms with Gasteiger partial charge in [-0.05, 0) is 31.4 Å². The third-order valence-electron chi connectivity index (χ3n) is 4.48. The summed E-state index contributed by atoms with van der Waals surface area (Å²) in [4.78, 5) is 18.3. The largest absolute Gasteiger partial charge is 0.396 e. The molecule has 1 aliphatic heterocycles. The van der Waals surface area contributed by atoms with Gasteiger partial charge >= 0.3 is 6.03 Å². The molecule has 0 radical (unpaired) electrons. The minimum Gasteiger partial charge on any atom is -0.396 e. The lowest BCUT2D eigenvalue weighted by Gasteiger charge is -2.19. The first-order valence-electron chi connectivity index (χ1n) is 7.63. The molecule has 0 aromatic carbocycles. The van der Waals surface area contributed by atoms with Gasteiger partial charge in [0.2, 0.25) is 0 Å². The van der Waals surface area contributed by atoms with Gasteiger partial charge in [-0.25, -0.2) is 9.78 Å². The van der Waals surface area contributed by atoms with E-state index in [0.29, 0.717) is 18.1 Å². The molecule has 6 nitrogen and oxygen atoms in total. The van der Waals surface area contributed by atoms with Gasteiger partial charge in [0.15, 0.2) is 0 Å². The molecule has 3 N–H and O–H groups in total. The molecule has 1 aromatic rings. The minimum absolute atomic E-state index is 0.0689. The second-order valence-electron chi connectivity index (χ2n) is 6.23. The van der Waals surface area contributed by atoms with Gasteiger partial charge in [0.05, 0.1) is 11.6 Å². The Balaban J connectivity index is 1.47. The summed E-state index contributed by atoms with van der Waals surface area (Å²) in [5, 5.41) is 15.7. The zero-order chi connectivity index (χ0) is 15.6. The number of nitrogens with one attached hydrogen (secondary N) is 2. The van der Waals surface area contributed by atoms with E-state index in [-0.39, 0.29) is 24.1 Å². The molecule has 2 heterocycles. The van der Waals surface area contributed by atoms with E-state index in [1.54, 1.807) is 12.3 Å². The zero-order valence-corrected chi connectivity index (χ0v) is 13.1. The van der Waals surface area contributed by atoms with Crippen molar-refractivity contribution in [3.63, 3.8) is 0 Å². The first-order chi connectivity index (χ1) is 10.6. The number of nitrogens with zero attached hydrogens (tertiary/aromatic N) is 2. The normalized spacial score (nSPS) is 22.5. The average Bonchev–Trinajstić information content (AvgIpc) is 3.17. The van der Waals surface area contributed by atoms with Gasteiger partial charge in [-0.15, -0.1) is 0 Å². The van der Waals surface area contributed by atoms with Crippen molar-refractivity contribution in [3.05, 3.63) is 23.4 Å². The van der Waals surface area contributed by atoms with E-state index in [0.717, 1.165) is 31.6 Å². The molecule has 2 fully saturated rings. The number of hydrogen-bond donors (Lipinski definition) is 3. The zero-order valence-electron chi connectivity index (χ0n) is 12.4. The first-order valence-corrected chi connectivity index (χ1v) is 8.00. The van der Waals surface area contributed by atoms with Gasteiger partial charge in [-0.2, -0.15) is 0 Å². The molecule has 1 saturated heterocycles. The maximum atomic E-state index is 11.9. The summed E-state index contributed by atoms with van der Waals surface area (Å²) < 4.78 is 0. The molecule has 1 atom stereocenters. The highest BCUT2D eigenvalue weighted by molar-refractivity contribution is 6.32. The van der Waals surface area contributed by atoms with Crippen molar-refractivity contribution >= 4 is 23.4 Å². The van der Waals surface area contributed by atoms with E-state index >= 15 is 0 Å². The van der Waals surface area contributed by atoms with Crippen molar-refractivity contribution in [3.8, 4) is 0 Å². The van der Waals surface area contributed by atoms with Crippen LogP contribution in [0.5, 0.6) is 0 Å². The van der Waals surface area contributed by atoms with E-state index in [2.05, 4.69) is 20.5 Å². The van der Waals surface area contributed by atoms with Crippen LogP contribution in [0.2, 0.25) is 5.02 Å². The molecule has 2 amide bonds. The molecule has 22 heavy (non-hydrogen) atoms. The van der Waals surface area contributed by atoms with Crippen LogP contribution in [0.1, 0.15) is 19.3 Å². The summed E-state index contributed by atoms with van der Waals surface area (Å²) in [6.07, 6.45) is 4.56. The van der Waals surface area contributed by atoms with E-state index in [1.807, 2.05) is 6.07 Å². The maximum absolute atomic E-state index is 11.9. The molecule has 1 aromatic heterocycles. The fraction of sp³-hybridized carbons (Fsp3) is 0.600. The summed E-state index contributed by atoms with van der Waals surface area (Å²) in [5.74, 6) is 0.770. The molecule has 1 unspecified atom stereocenters. The number of carbonyl (C=O) groups excluding carboxylic acids is 1. The highest BCUT2D eigenvalue weighted by Crippen LogP contribution is 2.44. The monoisotopic (exact) mass is 324 g/mol. The summed E-state index contributed by atoms with van der Waals surface area (Å²) in [6.45, 7) is 2.21. The lowest BCUT2D eigenvalue weighted by atomic mass is 10.1. The van der Waals surface area contributed by atoms with E-state index in [9.17, 15) is 9.90 Å². The van der Waals surface area contributed by atoms with Crippen LogP contribution in [0.25, 0.3) is 0 Å². The van der Waals surface area contributed by atoms with Crippen LogP contribution in [0.3, 0.4) is 0 Å². The topological polar surface area (TPSA) is 77.5 Å². The number of rotatable bonds is 5. The fourth-order valence-corrected chi connectivity index (χ4v) is 2.99. The van der Waals surface area contributed by atoms with Crippen molar-refractivity contribution in [2.75, 3.05) is 31.1 Å². The Labute approximate surface area is 134 Å². The quantitative estimate of drug-likeness (QED) is 0.765. The van der Waals surface area contributed by atoms with Crippen LogP contribution in [-0.4, -0.2) is 48.4 Å². The lowest BCUT2D eigenvalue weighted by Crippen LogP contribution is -2.45. The lowest BCUT2D eigenvalue weighted by molar-refractivity contribution is 0.202. The number of halogens is 1. The van der Waals surface area contributed by atoms with Crippen LogP contribution >= 0.6 is 11.6 Å². The highest BCUT2D eigenvalue weighted by atomic mass is 35.5. The molecule has 1 saturated carbocycles. The second-order valence-corrected chi connectivity index (χ2v) is 6.63. The third-order valence-corrected chi connectivity index (χ3v) is 4.77. The van der Waals surface area contributed by atoms with Crippen LogP contribution < -0.4 is 15.5 Å². The molecule has 1 aliphatic carbocycles. The molecule has 0 bridgehead atoms. The predicted octanol–water partition coefficient (Wildman–Crippen LogP) is 1.39. The van der Waals surface area contributed by atoms with E-state index in [4.69, 9.17) is 11.6 Å². The standard InChI is InChI=1S/C15H21ClN4O2/c16-12-2-1-6-17-13(12)20-7-3-11(8-20)19-14(22)18-9-15(10-21)4-5-15/h1-2,6,11,21H,3-5,7-10H2,(H2,18,19,22). The van der Waals surface area contributed by atoms with Crippen molar-refractivity contribution in [2.24, 2.45) is 5.41 Å². The van der Waals surface area contributed by atoms with Gasteiger partial charge in [0.1, 0.15) is 5.82 Å². The number of anilines is 1. The smallest absolute Gasteiger partial charge is 0.315 e. The SMILES string of the molecule is O=C(NCC1(CO)CC1)NC1CCN(c2ncccc2Cl)C1. The average molecular weight is 325 g/mol. The second kappa shape index (κ2) is 6.30. The summed E-state index contributed by atoms with van der Waals surface area (Å²) >= 11 is 6.15. The number of aliphatic hydroxyl groups excluding tert-OH is 1. The summed E-state index contributed by atoms with van der Waals surface area (Å²) in [5.41, 5.74) is -0.0689. The van der Waals surface area contributed by atoms with Gasteiger partial charge in [0.25, 0.3) is 0 Å². The number of aliphatic hydroxyl groups is 1. The Morgan fingerprint density at radius 2 is 2.36 bits per heavy atom. The molecule has 3 rings (SSSR count). The van der Waals surface area contributed by atoms with Crippen molar-refractivity contribution in [2.45, 2.75) is 25.3 Å². The minimum atomic E-state index is -0.168. The Bertz CT molecular complexity index is 550. The highest BCUT2D eigenvalue weighted by Gasteiger charge is 2.42. The van der Waals surface area contributed by atoms with Crippen LogP contribution in [0.4, 0.5) is 10.6 Å². The number of aromatic nitrogens is 1. The van der Waals surface area contributed by atoms with Crippen molar-refractivity contribution < 1.29 is 9.90 Å². The van der Waals surface area contributed by atoms with Crippen LogP contribution in [-0.2, 0) is 0 Å².